The van der Waals surface area contributed by atoms with Crippen molar-refractivity contribution in [3.05, 3.63) is 59.7 Å². The van der Waals surface area contributed by atoms with Crippen LogP contribution >= 0.6 is 0 Å². The third kappa shape index (κ3) is 4.82. The number of benzene rings is 2. The van der Waals surface area contributed by atoms with E-state index in [0.717, 1.165) is 12.1 Å². The molecule has 0 heterocycles. The number of carbonyl (C=O) groups is 1. The van der Waals surface area contributed by atoms with Crippen molar-refractivity contribution in [2.45, 2.75) is 6.18 Å². The molecule has 104 valence electrons. The predicted molar refractivity (Wildman–Crippen MR) is 65.5 cm³/mol. The average Bonchev–Trinajstić information content (AvgIpc) is 2.38. The number of carboxylic acids is 1. The Morgan fingerprint density at radius 3 is 2.33 bits per heavy atom. The van der Waals surface area contributed by atoms with Crippen LogP contribution in [0.2, 0.25) is 0 Å². The fraction of sp³-hybridized carbons (Fsp3) is 0.0714. The molecule has 0 spiro atoms. The molecule has 1 N–H and O–H groups in total. The molecular weight excluding hydrogens is 310 g/mol. The van der Waals surface area contributed by atoms with Gasteiger partial charge in [-0.2, -0.15) is 13.2 Å². The van der Waals surface area contributed by atoms with Gasteiger partial charge in [0.1, 0.15) is 0 Å². The van der Waals surface area contributed by atoms with Gasteiger partial charge in [0.25, 0.3) is 0 Å². The normalized spacial score (nSPS) is 10.6. The van der Waals surface area contributed by atoms with Gasteiger partial charge in [-0.25, -0.2) is 0 Å². The van der Waals surface area contributed by atoms with Gasteiger partial charge in [-0.05, 0) is 24.3 Å². The number of carbonyl (C=O) groups excluding carboxylic acids is 1. The second-order valence-electron chi connectivity index (χ2n) is 4.04. The fourth-order valence-electron chi connectivity index (χ4n) is 1.70. The van der Waals surface area contributed by atoms with Crippen molar-refractivity contribution in [1.29, 1.82) is 0 Å². The molecular formula is C14H9F3KNO2. The molecule has 21 heavy (non-hydrogen) atoms. The van der Waals surface area contributed by atoms with Crippen LogP contribution in [0, 0.1) is 0 Å². The molecule has 2 aromatic rings. The van der Waals surface area contributed by atoms with Crippen LogP contribution < -0.4 is 61.8 Å². The van der Waals surface area contributed by atoms with Crippen molar-refractivity contribution in [3.8, 4) is 0 Å². The van der Waals surface area contributed by atoms with Crippen LogP contribution in [0.15, 0.2) is 48.5 Å². The first-order valence-corrected chi connectivity index (χ1v) is 5.62. The van der Waals surface area contributed by atoms with E-state index < -0.39 is 17.7 Å². The van der Waals surface area contributed by atoms with Gasteiger partial charge in [-0.3, -0.25) is 0 Å². The van der Waals surface area contributed by atoms with Gasteiger partial charge in [0.2, 0.25) is 0 Å². The van der Waals surface area contributed by atoms with Crippen LogP contribution in [0.5, 0.6) is 0 Å². The van der Waals surface area contributed by atoms with E-state index in [1.807, 2.05) is 0 Å². The molecule has 0 atom stereocenters. The van der Waals surface area contributed by atoms with Crippen molar-refractivity contribution < 1.29 is 74.5 Å². The number of halogens is 3. The smallest absolute Gasteiger partial charge is 0.545 e. The number of nitrogens with one attached hydrogen (secondary N) is 1. The standard InChI is InChI=1S/C14H10F3NO2.K/c15-14(16,17)9-4-3-5-10(8-9)18-12-7-2-1-6-11(12)13(19)20;/h1-8,18H,(H,19,20);/q;+1/p-1. The molecule has 0 radical (unpaired) electrons. The molecule has 0 aliphatic carbocycles. The van der Waals surface area contributed by atoms with Crippen LogP contribution in [0.4, 0.5) is 24.5 Å². The zero-order chi connectivity index (χ0) is 14.8. The van der Waals surface area contributed by atoms with Crippen molar-refractivity contribution >= 4 is 17.3 Å². The number of aromatic carboxylic acids is 1. The van der Waals surface area contributed by atoms with Crippen molar-refractivity contribution in [1.82, 2.24) is 0 Å². The quantitative estimate of drug-likeness (QED) is 0.799. The molecule has 0 aliphatic rings. The Kier molecular flexibility index (Phi) is 6.42. The molecule has 2 rings (SSSR count). The zero-order valence-electron chi connectivity index (χ0n) is 11.1. The SMILES string of the molecule is O=C([O-])c1ccccc1Nc1cccc(C(F)(F)F)c1.[K+]. The number of hydrogen-bond donors (Lipinski definition) is 1. The summed E-state index contributed by atoms with van der Waals surface area (Å²) in [4.78, 5) is 10.9. The minimum absolute atomic E-state index is 0. The number of anilines is 2. The van der Waals surface area contributed by atoms with Crippen molar-refractivity contribution in [3.63, 3.8) is 0 Å². The van der Waals surface area contributed by atoms with Crippen LogP contribution in [0.1, 0.15) is 15.9 Å². The van der Waals surface area contributed by atoms with Gasteiger partial charge in [0, 0.05) is 16.9 Å². The Labute approximate surface area is 161 Å². The number of hydrogen-bond acceptors (Lipinski definition) is 3. The Balaban J connectivity index is 0.00000220. The molecule has 3 nitrogen and oxygen atoms in total. The summed E-state index contributed by atoms with van der Waals surface area (Å²) in [6.07, 6.45) is -4.45. The number of carboxylic acid groups (broad SMARTS) is 1. The Morgan fingerprint density at radius 1 is 1.05 bits per heavy atom. The van der Waals surface area contributed by atoms with E-state index in [1.54, 1.807) is 6.07 Å². The first-order valence-electron chi connectivity index (χ1n) is 5.62. The van der Waals surface area contributed by atoms with Gasteiger partial charge in [0.05, 0.1) is 11.5 Å². The topological polar surface area (TPSA) is 52.2 Å². The van der Waals surface area contributed by atoms with E-state index in [9.17, 15) is 23.1 Å². The molecule has 0 saturated heterocycles. The maximum atomic E-state index is 12.6. The summed E-state index contributed by atoms with van der Waals surface area (Å²) < 4.78 is 37.7. The van der Waals surface area contributed by atoms with E-state index in [2.05, 4.69) is 5.32 Å². The molecule has 0 fully saturated rings. The average molecular weight is 319 g/mol. The van der Waals surface area contributed by atoms with E-state index in [0.29, 0.717) is 0 Å². The second kappa shape index (κ2) is 7.41. The molecule has 0 aliphatic heterocycles. The van der Waals surface area contributed by atoms with Gasteiger partial charge in [0.15, 0.2) is 0 Å². The second-order valence-corrected chi connectivity index (χ2v) is 4.04. The molecule has 7 heteroatoms. The van der Waals surface area contributed by atoms with E-state index >= 15 is 0 Å². The predicted octanol–water partition coefficient (Wildman–Crippen LogP) is -0.184. The minimum atomic E-state index is -4.45. The maximum Gasteiger partial charge on any atom is 1.00 e. The third-order valence-electron chi connectivity index (χ3n) is 2.62. The Morgan fingerprint density at radius 2 is 1.71 bits per heavy atom. The summed E-state index contributed by atoms with van der Waals surface area (Å²) in [5.41, 5.74) is -0.612. The van der Waals surface area contributed by atoms with E-state index in [4.69, 9.17) is 0 Å². The summed E-state index contributed by atoms with van der Waals surface area (Å²) in [7, 11) is 0. The number of alkyl halides is 3. The molecule has 2 aromatic carbocycles. The Hall–Kier alpha value is -0.864. The molecule has 0 amide bonds. The summed E-state index contributed by atoms with van der Waals surface area (Å²) in [5, 5.41) is 13.6. The van der Waals surface area contributed by atoms with Crippen LogP contribution in [0.3, 0.4) is 0 Å². The van der Waals surface area contributed by atoms with Crippen LogP contribution in [-0.4, -0.2) is 5.97 Å². The number of para-hydroxylation sites is 1. The van der Waals surface area contributed by atoms with Gasteiger partial charge in [-0.15, -0.1) is 0 Å². The van der Waals surface area contributed by atoms with Gasteiger partial charge >= 0.3 is 57.6 Å². The third-order valence-corrected chi connectivity index (χ3v) is 2.62. The van der Waals surface area contributed by atoms with Gasteiger partial charge < -0.3 is 15.2 Å². The molecule has 0 saturated carbocycles. The van der Waals surface area contributed by atoms with Crippen molar-refractivity contribution in [2.75, 3.05) is 5.32 Å². The Bertz CT molecular complexity index is 644. The number of rotatable bonds is 3. The van der Waals surface area contributed by atoms with E-state index in [-0.39, 0.29) is 68.3 Å². The van der Waals surface area contributed by atoms with Crippen LogP contribution in [0.25, 0.3) is 0 Å². The monoisotopic (exact) mass is 319 g/mol. The maximum absolute atomic E-state index is 12.6. The van der Waals surface area contributed by atoms with Gasteiger partial charge in [-0.1, -0.05) is 24.3 Å². The molecule has 0 bridgehead atoms. The molecule has 0 aromatic heterocycles. The first-order chi connectivity index (χ1) is 9.38. The summed E-state index contributed by atoms with van der Waals surface area (Å²) in [5.74, 6) is -1.40. The van der Waals surface area contributed by atoms with Crippen molar-refractivity contribution in [2.24, 2.45) is 0 Å². The van der Waals surface area contributed by atoms with E-state index in [1.165, 1.54) is 30.3 Å². The summed E-state index contributed by atoms with van der Waals surface area (Å²) in [6.45, 7) is 0. The first kappa shape index (κ1) is 18.2. The minimum Gasteiger partial charge on any atom is -0.545 e. The summed E-state index contributed by atoms with van der Waals surface area (Å²) in [6, 6.07) is 10.3. The largest absolute Gasteiger partial charge is 1.00 e. The fourth-order valence-corrected chi connectivity index (χ4v) is 1.70. The summed E-state index contributed by atoms with van der Waals surface area (Å²) >= 11 is 0. The van der Waals surface area contributed by atoms with Crippen LogP contribution in [-0.2, 0) is 6.18 Å². The molecule has 0 unspecified atom stereocenters. The zero-order valence-corrected chi connectivity index (χ0v) is 14.2.